The Morgan fingerprint density at radius 3 is 2.75 bits per heavy atom. The summed E-state index contributed by atoms with van der Waals surface area (Å²) in [4.78, 5) is 23.4. The Labute approximate surface area is 120 Å². The van der Waals surface area contributed by atoms with E-state index in [0.29, 0.717) is 29.7 Å². The van der Waals surface area contributed by atoms with Gasteiger partial charge in [-0.05, 0) is 43.7 Å². The Morgan fingerprint density at radius 1 is 1.40 bits per heavy atom. The summed E-state index contributed by atoms with van der Waals surface area (Å²) in [5, 5.41) is 11.7. The van der Waals surface area contributed by atoms with Crippen LogP contribution in [0.3, 0.4) is 0 Å². The molecule has 0 bridgehead atoms. The van der Waals surface area contributed by atoms with Gasteiger partial charge in [0.15, 0.2) is 0 Å². The number of amides is 1. The number of thioether (sulfide) groups is 1. The number of nitrogens with one attached hydrogen (secondary N) is 1. The molecule has 6 heteroatoms. The second-order valence-corrected chi connectivity index (χ2v) is 5.72. The average molecular weight is 297 g/mol. The van der Waals surface area contributed by atoms with E-state index in [9.17, 15) is 14.0 Å². The van der Waals surface area contributed by atoms with Crippen LogP contribution in [0.4, 0.5) is 4.39 Å². The van der Waals surface area contributed by atoms with Crippen LogP contribution in [0, 0.1) is 11.7 Å². The van der Waals surface area contributed by atoms with Crippen LogP contribution >= 0.6 is 11.8 Å². The number of rotatable bonds is 4. The van der Waals surface area contributed by atoms with Crippen molar-refractivity contribution in [2.24, 2.45) is 5.92 Å². The lowest BCUT2D eigenvalue weighted by Crippen LogP contribution is -2.33. The molecule has 20 heavy (non-hydrogen) atoms. The van der Waals surface area contributed by atoms with Crippen LogP contribution in [0.25, 0.3) is 0 Å². The van der Waals surface area contributed by atoms with Crippen molar-refractivity contribution in [1.82, 2.24) is 5.32 Å². The minimum absolute atomic E-state index is 0.119. The third kappa shape index (κ3) is 3.30. The topological polar surface area (TPSA) is 66.4 Å². The third-order valence-corrected chi connectivity index (χ3v) is 4.28. The van der Waals surface area contributed by atoms with E-state index < -0.39 is 5.97 Å². The number of aliphatic carboxylic acids is 1. The van der Waals surface area contributed by atoms with Crippen molar-refractivity contribution < 1.29 is 19.1 Å². The molecule has 4 nitrogen and oxygen atoms in total. The number of carboxylic acids is 1. The monoisotopic (exact) mass is 297 g/mol. The molecule has 1 amide bonds. The minimum atomic E-state index is -0.812. The molecule has 1 aromatic carbocycles. The normalized spacial score (nSPS) is 21.7. The first-order chi connectivity index (χ1) is 9.51. The molecule has 0 radical (unpaired) electrons. The largest absolute Gasteiger partial charge is 0.481 e. The zero-order valence-electron chi connectivity index (χ0n) is 11.1. The molecule has 1 aromatic rings. The molecule has 2 atom stereocenters. The van der Waals surface area contributed by atoms with Crippen LogP contribution in [0.5, 0.6) is 0 Å². The van der Waals surface area contributed by atoms with Gasteiger partial charge in [-0.2, -0.15) is 0 Å². The Morgan fingerprint density at radius 2 is 2.15 bits per heavy atom. The maximum Gasteiger partial charge on any atom is 0.306 e. The third-order valence-electron chi connectivity index (χ3n) is 3.53. The predicted molar refractivity (Wildman–Crippen MR) is 74.4 cm³/mol. The van der Waals surface area contributed by atoms with Gasteiger partial charge < -0.3 is 10.4 Å². The van der Waals surface area contributed by atoms with E-state index in [2.05, 4.69) is 5.32 Å². The summed E-state index contributed by atoms with van der Waals surface area (Å²) in [6.45, 7) is 0. The summed E-state index contributed by atoms with van der Waals surface area (Å²) < 4.78 is 13.4. The van der Waals surface area contributed by atoms with E-state index in [-0.39, 0.29) is 23.7 Å². The molecule has 0 heterocycles. The van der Waals surface area contributed by atoms with Crippen LogP contribution in [-0.2, 0) is 4.79 Å². The fraction of sp³-hybridized carbons (Fsp3) is 0.429. The van der Waals surface area contributed by atoms with E-state index in [0.717, 1.165) is 0 Å². The first-order valence-electron chi connectivity index (χ1n) is 6.38. The van der Waals surface area contributed by atoms with Crippen molar-refractivity contribution in [3.63, 3.8) is 0 Å². The number of hydrogen-bond donors (Lipinski definition) is 2. The number of carbonyl (C=O) groups is 2. The summed E-state index contributed by atoms with van der Waals surface area (Å²) in [6, 6.07) is 4.11. The SMILES string of the molecule is CSc1cc(C(=O)N[C@H]2CC[C@@H](C(=O)O)C2)ccc1F. The molecule has 2 N–H and O–H groups in total. The van der Waals surface area contributed by atoms with Crippen molar-refractivity contribution in [3.8, 4) is 0 Å². The Bertz CT molecular complexity index is 535. The van der Waals surface area contributed by atoms with Crippen molar-refractivity contribution in [3.05, 3.63) is 29.6 Å². The second kappa shape index (κ2) is 6.26. The molecule has 2 rings (SSSR count). The van der Waals surface area contributed by atoms with E-state index in [1.54, 1.807) is 6.26 Å². The molecule has 0 unspecified atom stereocenters. The van der Waals surface area contributed by atoms with E-state index in [4.69, 9.17) is 5.11 Å². The molecule has 1 fully saturated rings. The highest BCUT2D eigenvalue weighted by atomic mass is 32.2. The van der Waals surface area contributed by atoms with E-state index in [1.165, 1.54) is 30.0 Å². The highest BCUT2D eigenvalue weighted by molar-refractivity contribution is 7.98. The van der Waals surface area contributed by atoms with Crippen molar-refractivity contribution in [2.75, 3.05) is 6.26 Å². The van der Waals surface area contributed by atoms with Gasteiger partial charge in [0.1, 0.15) is 5.82 Å². The van der Waals surface area contributed by atoms with Gasteiger partial charge in [0.05, 0.1) is 5.92 Å². The number of benzene rings is 1. The second-order valence-electron chi connectivity index (χ2n) is 4.87. The Hall–Kier alpha value is -1.56. The maximum absolute atomic E-state index is 13.4. The summed E-state index contributed by atoms with van der Waals surface area (Å²) in [7, 11) is 0. The zero-order valence-corrected chi connectivity index (χ0v) is 11.9. The van der Waals surface area contributed by atoms with Crippen LogP contribution in [0.2, 0.25) is 0 Å². The fourth-order valence-corrected chi connectivity index (χ4v) is 2.91. The summed E-state index contributed by atoms with van der Waals surface area (Å²) >= 11 is 1.24. The number of hydrogen-bond acceptors (Lipinski definition) is 3. The first kappa shape index (κ1) is 14.8. The van der Waals surface area contributed by atoms with Gasteiger partial charge in [-0.1, -0.05) is 0 Å². The van der Waals surface area contributed by atoms with Crippen LogP contribution in [0.15, 0.2) is 23.1 Å². The highest BCUT2D eigenvalue weighted by Gasteiger charge is 2.30. The summed E-state index contributed by atoms with van der Waals surface area (Å²) in [5.74, 6) is -1.82. The van der Waals surface area contributed by atoms with Gasteiger partial charge in [-0.15, -0.1) is 11.8 Å². The number of carbonyl (C=O) groups excluding carboxylic acids is 1. The quantitative estimate of drug-likeness (QED) is 0.838. The lowest BCUT2D eigenvalue weighted by molar-refractivity contribution is -0.141. The molecule has 1 saturated carbocycles. The average Bonchev–Trinajstić information content (AvgIpc) is 2.88. The summed E-state index contributed by atoms with van der Waals surface area (Å²) in [5.41, 5.74) is 0.398. The van der Waals surface area contributed by atoms with Gasteiger partial charge in [-0.3, -0.25) is 9.59 Å². The van der Waals surface area contributed by atoms with Crippen LogP contribution in [-0.4, -0.2) is 29.3 Å². The molecule has 1 aliphatic carbocycles. The summed E-state index contributed by atoms with van der Waals surface area (Å²) in [6.07, 6.45) is 3.45. The molecule has 1 aliphatic rings. The minimum Gasteiger partial charge on any atom is -0.481 e. The lowest BCUT2D eigenvalue weighted by atomic mass is 10.1. The molecule has 0 spiro atoms. The van der Waals surface area contributed by atoms with E-state index in [1.807, 2.05) is 0 Å². The fourth-order valence-electron chi connectivity index (χ4n) is 2.41. The van der Waals surface area contributed by atoms with Crippen LogP contribution in [0.1, 0.15) is 29.6 Å². The van der Waals surface area contributed by atoms with E-state index >= 15 is 0 Å². The van der Waals surface area contributed by atoms with Crippen molar-refractivity contribution in [2.45, 2.75) is 30.2 Å². The predicted octanol–water partition coefficient (Wildman–Crippen LogP) is 2.53. The van der Waals surface area contributed by atoms with Gasteiger partial charge in [-0.25, -0.2) is 4.39 Å². The molecular weight excluding hydrogens is 281 g/mol. The van der Waals surface area contributed by atoms with Crippen molar-refractivity contribution in [1.29, 1.82) is 0 Å². The zero-order chi connectivity index (χ0) is 14.7. The van der Waals surface area contributed by atoms with Gasteiger partial charge in [0.25, 0.3) is 5.91 Å². The Balaban J connectivity index is 2.00. The first-order valence-corrected chi connectivity index (χ1v) is 7.61. The molecular formula is C14H16FNO3S. The van der Waals surface area contributed by atoms with Gasteiger partial charge in [0, 0.05) is 16.5 Å². The van der Waals surface area contributed by atoms with Gasteiger partial charge in [0.2, 0.25) is 0 Å². The smallest absolute Gasteiger partial charge is 0.306 e. The standard InChI is InChI=1S/C14H16FNO3S/c1-20-12-7-8(3-5-11(12)15)13(17)16-10-4-2-9(6-10)14(18)19/h3,5,7,9-10H,2,4,6H2,1H3,(H,16,17)(H,18,19)/t9-,10+/m1/s1. The highest BCUT2D eigenvalue weighted by Crippen LogP contribution is 2.26. The number of carboxylic acid groups (broad SMARTS) is 1. The maximum atomic E-state index is 13.4. The van der Waals surface area contributed by atoms with Crippen LogP contribution < -0.4 is 5.32 Å². The molecule has 0 aliphatic heterocycles. The lowest BCUT2D eigenvalue weighted by Gasteiger charge is -2.13. The number of halogens is 1. The molecule has 0 aromatic heterocycles. The van der Waals surface area contributed by atoms with Gasteiger partial charge >= 0.3 is 5.97 Å². The molecule has 0 saturated heterocycles. The Kier molecular flexibility index (Phi) is 4.65. The molecule has 108 valence electrons. The van der Waals surface area contributed by atoms with Crippen molar-refractivity contribution >= 4 is 23.6 Å².